The highest BCUT2D eigenvalue weighted by Gasteiger charge is 2.32. The molecule has 0 atom stereocenters. The molecule has 100 valence electrons. The van der Waals surface area contributed by atoms with Crippen LogP contribution in [-0.4, -0.2) is 23.5 Å². The Bertz CT molecular complexity index is 277. The highest BCUT2D eigenvalue weighted by Crippen LogP contribution is 2.36. The van der Waals surface area contributed by atoms with Crippen molar-refractivity contribution < 1.29 is 14.7 Å². The third kappa shape index (κ3) is 6.29. The Labute approximate surface area is 104 Å². The molecule has 4 nitrogen and oxygen atoms in total. The van der Waals surface area contributed by atoms with Gasteiger partial charge in [-0.3, -0.25) is 9.59 Å². The van der Waals surface area contributed by atoms with Gasteiger partial charge in [0, 0.05) is 19.4 Å². The summed E-state index contributed by atoms with van der Waals surface area (Å²) in [5, 5.41) is 11.3. The zero-order chi connectivity index (χ0) is 13.7. The molecule has 0 aliphatic heterocycles. The zero-order valence-corrected chi connectivity index (χ0v) is 11.6. The lowest BCUT2D eigenvalue weighted by Gasteiger charge is -2.39. The van der Waals surface area contributed by atoms with Crippen molar-refractivity contribution in [2.75, 3.05) is 6.54 Å². The first kappa shape index (κ1) is 15.9. The third-order valence-electron chi connectivity index (χ3n) is 3.55. The monoisotopic (exact) mass is 243 g/mol. The maximum atomic E-state index is 11.5. The number of nitrogens with one attached hydrogen (secondary N) is 1. The largest absolute Gasteiger partial charge is 0.481 e. The van der Waals surface area contributed by atoms with Crippen molar-refractivity contribution in [3.63, 3.8) is 0 Å². The van der Waals surface area contributed by atoms with Crippen LogP contribution in [0.2, 0.25) is 0 Å². The number of carbonyl (C=O) groups is 2. The summed E-state index contributed by atoms with van der Waals surface area (Å²) in [4.78, 5) is 21.8. The summed E-state index contributed by atoms with van der Waals surface area (Å²) in [6.45, 7) is 11.3. The van der Waals surface area contributed by atoms with E-state index in [1.807, 2.05) is 0 Å². The summed E-state index contributed by atoms with van der Waals surface area (Å²) >= 11 is 0. The minimum Gasteiger partial charge on any atom is -0.481 e. The molecule has 0 heterocycles. The molecule has 0 aromatic rings. The first-order valence-electron chi connectivity index (χ1n) is 6.05. The molecule has 0 rings (SSSR count). The van der Waals surface area contributed by atoms with Crippen molar-refractivity contribution in [1.29, 1.82) is 0 Å². The Hall–Kier alpha value is -1.06. The quantitative estimate of drug-likeness (QED) is 0.753. The molecule has 0 fully saturated rings. The first-order valence-corrected chi connectivity index (χ1v) is 6.05. The minimum atomic E-state index is -0.854. The molecule has 0 saturated heterocycles. The van der Waals surface area contributed by atoms with Gasteiger partial charge in [-0.2, -0.15) is 0 Å². The smallest absolute Gasteiger partial charge is 0.303 e. The minimum absolute atomic E-state index is 0.00938. The number of carbonyl (C=O) groups excluding carboxylic acids is 1. The molecule has 0 bridgehead atoms. The number of carboxylic acid groups (broad SMARTS) is 1. The van der Waals surface area contributed by atoms with E-state index in [1.165, 1.54) is 0 Å². The molecule has 0 radical (unpaired) electrons. The fraction of sp³-hybridized carbons (Fsp3) is 0.846. The molecule has 0 aliphatic carbocycles. The van der Waals surface area contributed by atoms with E-state index in [0.717, 1.165) is 0 Å². The zero-order valence-electron chi connectivity index (χ0n) is 11.6. The average Bonchev–Trinajstić information content (AvgIpc) is 2.12. The molecule has 0 aromatic carbocycles. The molecule has 2 N–H and O–H groups in total. The van der Waals surface area contributed by atoms with Crippen LogP contribution in [0.15, 0.2) is 0 Å². The van der Waals surface area contributed by atoms with Crippen LogP contribution in [0.4, 0.5) is 0 Å². The summed E-state index contributed by atoms with van der Waals surface area (Å²) in [5.41, 5.74) is 0.122. The maximum absolute atomic E-state index is 11.5. The Kier molecular flexibility index (Phi) is 5.66. The van der Waals surface area contributed by atoms with E-state index >= 15 is 0 Å². The molecule has 0 aliphatic rings. The van der Waals surface area contributed by atoms with Crippen LogP contribution in [-0.2, 0) is 9.59 Å². The van der Waals surface area contributed by atoms with Crippen LogP contribution in [0.25, 0.3) is 0 Å². The average molecular weight is 243 g/mol. The molecule has 0 aromatic heterocycles. The number of amides is 1. The van der Waals surface area contributed by atoms with Crippen LogP contribution in [0, 0.1) is 10.8 Å². The van der Waals surface area contributed by atoms with Crippen LogP contribution in [0.1, 0.15) is 53.9 Å². The van der Waals surface area contributed by atoms with Crippen molar-refractivity contribution >= 4 is 11.9 Å². The topological polar surface area (TPSA) is 66.4 Å². The molecule has 17 heavy (non-hydrogen) atoms. The third-order valence-corrected chi connectivity index (χ3v) is 3.55. The van der Waals surface area contributed by atoms with E-state index in [-0.39, 0.29) is 29.6 Å². The Balaban J connectivity index is 3.96. The highest BCUT2D eigenvalue weighted by molar-refractivity contribution is 5.76. The molecule has 4 heteroatoms. The second-order valence-corrected chi connectivity index (χ2v) is 6.16. The normalized spacial score (nSPS) is 12.3. The Morgan fingerprint density at radius 3 is 2.00 bits per heavy atom. The molecular formula is C13H25NO3. The SMILES string of the molecule is CC(C)(C)C(C)(C)CNC(=O)CCCC(=O)O. The Morgan fingerprint density at radius 2 is 1.59 bits per heavy atom. The van der Waals surface area contributed by atoms with Gasteiger partial charge in [-0.25, -0.2) is 0 Å². The van der Waals surface area contributed by atoms with Crippen LogP contribution < -0.4 is 5.32 Å². The van der Waals surface area contributed by atoms with Crippen molar-refractivity contribution in [3.8, 4) is 0 Å². The van der Waals surface area contributed by atoms with E-state index in [9.17, 15) is 9.59 Å². The van der Waals surface area contributed by atoms with Gasteiger partial charge >= 0.3 is 5.97 Å². The van der Waals surface area contributed by atoms with Gasteiger partial charge in [0.1, 0.15) is 0 Å². The van der Waals surface area contributed by atoms with E-state index in [1.54, 1.807) is 0 Å². The van der Waals surface area contributed by atoms with Gasteiger partial charge in [-0.05, 0) is 17.3 Å². The van der Waals surface area contributed by atoms with E-state index in [0.29, 0.717) is 13.0 Å². The van der Waals surface area contributed by atoms with Gasteiger partial charge in [0.2, 0.25) is 5.91 Å². The fourth-order valence-electron chi connectivity index (χ4n) is 1.07. The van der Waals surface area contributed by atoms with Gasteiger partial charge < -0.3 is 10.4 Å². The van der Waals surface area contributed by atoms with Crippen molar-refractivity contribution in [1.82, 2.24) is 5.32 Å². The lowest BCUT2D eigenvalue weighted by atomic mass is 9.69. The van der Waals surface area contributed by atoms with Crippen molar-refractivity contribution in [2.24, 2.45) is 10.8 Å². The van der Waals surface area contributed by atoms with Gasteiger partial charge in [-0.15, -0.1) is 0 Å². The number of hydrogen-bond acceptors (Lipinski definition) is 2. The molecule has 0 spiro atoms. The predicted molar refractivity (Wildman–Crippen MR) is 67.7 cm³/mol. The molecule has 0 saturated carbocycles. The van der Waals surface area contributed by atoms with Gasteiger partial charge in [-0.1, -0.05) is 34.6 Å². The van der Waals surface area contributed by atoms with Crippen molar-refractivity contribution in [2.45, 2.75) is 53.9 Å². The fourth-order valence-corrected chi connectivity index (χ4v) is 1.07. The van der Waals surface area contributed by atoms with Crippen LogP contribution >= 0.6 is 0 Å². The summed E-state index contributed by atoms with van der Waals surface area (Å²) in [7, 11) is 0. The van der Waals surface area contributed by atoms with E-state index in [4.69, 9.17) is 5.11 Å². The van der Waals surface area contributed by atoms with E-state index < -0.39 is 5.97 Å². The number of hydrogen-bond donors (Lipinski definition) is 2. The summed E-state index contributed by atoms with van der Waals surface area (Å²) in [5.74, 6) is -0.920. The van der Waals surface area contributed by atoms with Crippen LogP contribution in [0.3, 0.4) is 0 Å². The summed E-state index contributed by atoms with van der Waals surface area (Å²) < 4.78 is 0. The summed E-state index contributed by atoms with van der Waals surface area (Å²) in [6, 6.07) is 0. The first-order chi connectivity index (χ1) is 7.56. The maximum Gasteiger partial charge on any atom is 0.303 e. The number of carboxylic acids is 1. The summed E-state index contributed by atoms with van der Waals surface area (Å²) in [6.07, 6.45) is 0.736. The Morgan fingerprint density at radius 1 is 1.06 bits per heavy atom. The van der Waals surface area contributed by atoms with E-state index in [2.05, 4.69) is 39.9 Å². The standard InChI is InChI=1S/C13H25NO3/c1-12(2,3)13(4,5)9-14-10(15)7-6-8-11(16)17/h6-9H2,1-5H3,(H,14,15)(H,16,17). The lowest BCUT2D eigenvalue weighted by molar-refractivity contribution is -0.137. The number of aliphatic carboxylic acids is 1. The van der Waals surface area contributed by atoms with Crippen LogP contribution in [0.5, 0.6) is 0 Å². The van der Waals surface area contributed by atoms with Gasteiger partial charge in [0.15, 0.2) is 0 Å². The van der Waals surface area contributed by atoms with Gasteiger partial charge in [0.25, 0.3) is 0 Å². The van der Waals surface area contributed by atoms with Gasteiger partial charge in [0.05, 0.1) is 0 Å². The lowest BCUT2D eigenvalue weighted by Crippen LogP contribution is -2.41. The van der Waals surface area contributed by atoms with Crippen molar-refractivity contribution in [3.05, 3.63) is 0 Å². The second-order valence-electron chi connectivity index (χ2n) is 6.16. The predicted octanol–water partition coefficient (Wildman–Crippen LogP) is 2.43. The molecular weight excluding hydrogens is 218 g/mol. The second kappa shape index (κ2) is 6.03. The highest BCUT2D eigenvalue weighted by atomic mass is 16.4. The molecule has 0 unspecified atom stereocenters. The number of rotatable bonds is 6. The molecule has 1 amide bonds.